The molecule has 1 aliphatic carbocycles. The number of aromatic nitrogens is 2. The van der Waals surface area contributed by atoms with Crippen LogP contribution in [0.5, 0.6) is 0 Å². The van der Waals surface area contributed by atoms with E-state index in [4.69, 9.17) is 0 Å². The zero-order valence-electron chi connectivity index (χ0n) is 30.2. The van der Waals surface area contributed by atoms with Crippen LogP contribution in [0.2, 0.25) is 0 Å². The molecule has 8 aromatic carbocycles. The fraction of sp³-hybridized carbons (Fsp3) is 0.0769. The quantitative estimate of drug-likeness (QED) is 0.171. The van der Waals surface area contributed by atoms with Crippen molar-refractivity contribution in [1.82, 2.24) is 9.13 Å². The van der Waals surface area contributed by atoms with Crippen LogP contribution in [0.1, 0.15) is 47.2 Å². The molecule has 54 heavy (non-hydrogen) atoms. The molecule has 2 aliphatic rings. The number of para-hydroxylation sites is 5. The first-order valence-corrected chi connectivity index (χ1v) is 19.0. The van der Waals surface area contributed by atoms with Gasteiger partial charge in [-0.05, 0) is 87.0 Å². The Kier molecular flexibility index (Phi) is 5.81. The molecule has 1 atom stereocenters. The van der Waals surface area contributed by atoms with E-state index < -0.39 is 5.41 Å². The van der Waals surface area contributed by atoms with Crippen molar-refractivity contribution in [3.8, 4) is 22.5 Å². The van der Waals surface area contributed by atoms with Gasteiger partial charge in [0.05, 0.1) is 33.2 Å². The van der Waals surface area contributed by atoms with E-state index in [0.29, 0.717) is 0 Å². The van der Waals surface area contributed by atoms with E-state index in [1.165, 1.54) is 99.5 Å². The Morgan fingerprint density at radius 2 is 0.852 bits per heavy atom. The molecule has 0 N–H and O–H groups in total. The van der Waals surface area contributed by atoms with Gasteiger partial charge in [-0.1, -0.05) is 153 Å². The van der Waals surface area contributed by atoms with Crippen molar-refractivity contribution < 1.29 is 0 Å². The molecule has 10 aromatic rings. The van der Waals surface area contributed by atoms with Crippen molar-refractivity contribution >= 4 is 43.6 Å². The highest BCUT2D eigenvalue weighted by Crippen LogP contribution is 2.60. The van der Waals surface area contributed by atoms with Gasteiger partial charge < -0.3 is 9.13 Å². The van der Waals surface area contributed by atoms with Gasteiger partial charge in [-0.3, -0.25) is 0 Å². The lowest BCUT2D eigenvalue weighted by atomic mass is 9.53. The molecule has 0 radical (unpaired) electrons. The third kappa shape index (κ3) is 3.60. The first kappa shape index (κ1) is 29.9. The first-order chi connectivity index (χ1) is 26.6. The third-order valence-corrected chi connectivity index (χ3v) is 12.8. The molecule has 2 heteroatoms. The van der Waals surface area contributed by atoms with Gasteiger partial charge >= 0.3 is 0 Å². The van der Waals surface area contributed by atoms with Crippen molar-refractivity contribution in [2.24, 2.45) is 0 Å². The second-order valence-corrected chi connectivity index (χ2v) is 15.7. The van der Waals surface area contributed by atoms with Crippen LogP contribution in [0.3, 0.4) is 0 Å². The molecule has 0 saturated carbocycles. The Labute approximate surface area is 314 Å². The van der Waals surface area contributed by atoms with Crippen LogP contribution < -0.4 is 0 Å². The van der Waals surface area contributed by atoms with Crippen LogP contribution in [0.25, 0.3) is 66.1 Å². The van der Waals surface area contributed by atoms with Gasteiger partial charge in [0.2, 0.25) is 0 Å². The molecular formula is C52H36N2. The highest BCUT2D eigenvalue weighted by molar-refractivity contribution is 6.12. The molecule has 1 spiro atoms. The lowest BCUT2D eigenvalue weighted by molar-refractivity contribution is 0.556. The van der Waals surface area contributed by atoms with Crippen LogP contribution in [0.4, 0.5) is 0 Å². The van der Waals surface area contributed by atoms with Gasteiger partial charge in [-0.2, -0.15) is 0 Å². The second kappa shape index (κ2) is 10.5. The number of hydrogen-bond acceptors (Lipinski definition) is 0. The summed E-state index contributed by atoms with van der Waals surface area (Å²) in [7, 11) is 0. The predicted molar refractivity (Wildman–Crippen MR) is 225 cm³/mol. The molecule has 0 saturated heterocycles. The van der Waals surface area contributed by atoms with Crippen molar-refractivity contribution in [2.75, 3.05) is 0 Å². The molecule has 0 bridgehead atoms. The first-order valence-electron chi connectivity index (χ1n) is 19.0. The summed E-state index contributed by atoms with van der Waals surface area (Å²) in [4.78, 5) is 0. The van der Waals surface area contributed by atoms with Gasteiger partial charge in [-0.25, -0.2) is 0 Å². The van der Waals surface area contributed by atoms with Gasteiger partial charge in [-0.15, -0.1) is 0 Å². The van der Waals surface area contributed by atoms with Gasteiger partial charge in [0.1, 0.15) is 0 Å². The number of fused-ring (bicyclic) bond motifs is 14. The van der Waals surface area contributed by atoms with Crippen molar-refractivity contribution in [3.63, 3.8) is 0 Å². The standard InChI is InChI=1S/C52H36N2/c1-51(2)40-18-6-7-19-42(40)52(43-20-8-12-25-49(43)54-48-24-11-5-16-38(48)39-17-13-21-44(52)50(39)54)45-32-34(28-31-41(45)51)33-26-29-35(30-27-33)53-46-22-9-3-14-36(46)37-15-4-10-23-47(37)53/h3-32H,1-2H3. The molecule has 254 valence electrons. The monoisotopic (exact) mass is 688 g/mol. The predicted octanol–water partition coefficient (Wildman–Crippen LogP) is 12.9. The highest BCUT2D eigenvalue weighted by atomic mass is 15.0. The lowest BCUT2D eigenvalue weighted by Gasteiger charge is -2.50. The van der Waals surface area contributed by atoms with Crippen LogP contribution in [0, 0.1) is 0 Å². The number of benzene rings is 8. The van der Waals surface area contributed by atoms with Crippen LogP contribution >= 0.6 is 0 Å². The molecule has 2 aromatic heterocycles. The maximum absolute atomic E-state index is 2.53. The number of rotatable bonds is 2. The maximum Gasteiger partial charge on any atom is 0.0748 e. The summed E-state index contributed by atoms with van der Waals surface area (Å²) in [6.45, 7) is 4.81. The molecule has 0 fully saturated rings. The summed E-state index contributed by atoms with van der Waals surface area (Å²) in [5.74, 6) is 0. The van der Waals surface area contributed by atoms with Crippen molar-refractivity contribution in [2.45, 2.75) is 24.7 Å². The molecule has 1 aliphatic heterocycles. The molecule has 3 heterocycles. The zero-order valence-corrected chi connectivity index (χ0v) is 30.2. The van der Waals surface area contributed by atoms with E-state index in [0.717, 1.165) is 0 Å². The van der Waals surface area contributed by atoms with Crippen molar-refractivity contribution in [1.29, 1.82) is 0 Å². The number of hydrogen-bond donors (Lipinski definition) is 0. The topological polar surface area (TPSA) is 9.86 Å². The Morgan fingerprint density at radius 3 is 1.56 bits per heavy atom. The van der Waals surface area contributed by atoms with Crippen LogP contribution in [0.15, 0.2) is 182 Å². The third-order valence-electron chi connectivity index (χ3n) is 12.8. The maximum atomic E-state index is 2.53. The fourth-order valence-corrected chi connectivity index (χ4v) is 10.5. The van der Waals surface area contributed by atoms with E-state index in [-0.39, 0.29) is 5.41 Å². The normalized spacial score (nSPS) is 16.6. The fourth-order valence-electron chi connectivity index (χ4n) is 10.5. The second-order valence-electron chi connectivity index (χ2n) is 15.7. The summed E-state index contributed by atoms with van der Waals surface area (Å²) in [6.07, 6.45) is 0. The van der Waals surface area contributed by atoms with E-state index in [9.17, 15) is 0 Å². The average Bonchev–Trinajstić information content (AvgIpc) is 3.75. The Morgan fingerprint density at radius 1 is 0.352 bits per heavy atom. The van der Waals surface area contributed by atoms with Crippen molar-refractivity contribution in [3.05, 3.63) is 215 Å². The molecule has 1 unspecified atom stereocenters. The Hall–Kier alpha value is -6.64. The van der Waals surface area contributed by atoms with E-state index in [1.54, 1.807) is 0 Å². The molecule has 0 amide bonds. The summed E-state index contributed by atoms with van der Waals surface area (Å²) in [5, 5.41) is 5.16. The van der Waals surface area contributed by atoms with Gasteiger partial charge in [0.25, 0.3) is 0 Å². The largest absolute Gasteiger partial charge is 0.309 e. The summed E-state index contributed by atoms with van der Waals surface area (Å²) >= 11 is 0. The molecular weight excluding hydrogens is 653 g/mol. The SMILES string of the molecule is CC1(C)c2ccccc2C2(c3ccccc3-n3c4ccccc4c4cccc2c43)c2cc(-c3ccc(-n4c5ccccc5c5ccccc54)cc3)ccc21. The average molecular weight is 689 g/mol. The minimum absolute atomic E-state index is 0.191. The van der Waals surface area contributed by atoms with E-state index in [1.807, 2.05) is 0 Å². The molecule has 12 rings (SSSR count). The highest BCUT2D eigenvalue weighted by Gasteiger charge is 2.52. The van der Waals surface area contributed by atoms with E-state index in [2.05, 4.69) is 205 Å². The van der Waals surface area contributed by atoms with Crippen LogP contribution in [-0.4, -0.2) is 9.13 Å². The number of nitrogens with zero attached hydrogens (tertiary/aromatic N) is 2. The lowest BCUT2D eigenvalue weighted by Crippen LogP contribution is -2.44. The van der Waals surface area contributed by atoms with Gasteiger partial charge in [0, 0.05) is 32.6 Å². The van der Waals surface area contributed by atoms with Gasteiger partial charge in [0.15, 0.2) is 0 Å². The summed E-state index contributed by atoms with van der Waals surface area (Å²) in [5.41, 5.74) is 17.4. The zero-order chi connectivity index (χ0) is 35.8. The summed E-state index contributed by atoms with van der Waals surface area (Å²) < 4.78 is 4.92. The summed E-state index contributed by atoms with van der Waals surface area (Å²) in [6, 6.07) is 68.3. The molecule has 2 nitrogen and oxygen atoms in total. The minimum Gasteiger partial charge on any atom is -0.309 e. The van der Waals surface area contributed by atoms with E-state index >= 15 is 0 Å². The Balaban J connectivity index is 1.14. The smallest absolute Gasteiger partial charge is 0.0748 e. The van der Waals surface area contributed by atoms with Crippen LogP contribution in [-0.2, 0) is 10.8 Å². The Bertz CT molecular complexity index is 3140. The minimum atomic E-state index is -0.513.